The number of nitrogens with zero attached hydrogens (tertiary/aromatic N) is 3. The van der Waals surface area contributed by atoms with Crippen LogP contribution in [0.1, 0.15) is 16.1 Å². The lowest BCUT2D eigenvalue weighted by Crippen LogP contribution is -2.14. The van der Waals surface area contributed by atoms with Crippen LogP contribution >= 0.6 is 15.9 Å². The molecule has 2 rings (SSSR count). The summed E-state index contributed by atoms with van der Waals surface area (Å²) in [6, 6.07) is 3.60. The highest BCUT2D eigenvalue weighted by molar-refractivity contribution is 9.10. The van der Waals surface area contributed by atoms with E-state index in [2.05, 4.69) is 31.3 Å². The number of hydrogen-bond acceptors (Lipinski definition) is 3. The molecule has 0 aromatic carbocycles. The minimum atomic E-state index is -0.213. The molecule has 0 saturated carbocycles. The number of anilines is 1. The molecule has 0 saturated heterocycles. The first-order chi connectivity index (χ1) is 8.09. The van der Waals surface area contributed by atoms with Gasteiger partial charge in [-0.3, -0.25) is 9.48 Å². The lowest BCUT2D eigenvalue weighted by Gasteiger charge is -2.05. The summed E-state index contributed by atoms with van der Waals surface area (Å²) < 4.78 is 2.40. The summed E-state index contributed by atoms with van der Waals surface area (Å²) in [5.41, 5.74) is 1.36. The van der Waals surface area contributed by atoms with Crippen molar-refractivity contribution in [2.75, 3.05) is 5.32 Å². The number of carbonyl (C=O) groups is 1. The Bertz CT molecular complexity index is 564. The summed E-state index contributed by atoms with van der Waals surface area (Å²) in [5.74, 6) is 0.288. The van der Waals surface area contributed by atoms with E-state index in [9.17, 15) is 4.79 Å². The fraction of sp³-hybridized carbons (Fsp3) is 0.182. The molecule has 0 unspecified atom stereocenters. The molecule has 0 spiro atoms. The van der Waals surface area contributed by atoms with Crippen LogP contribution in [0.3, 0.4) is 0 Å². The van der Waals surface area contributed by atoms with Crippen LogP contribution in [0.5, 0.6) is 0 Å². The Morgan fingerprint density at radius 2 is 2.29 bits per heavy atom. The molecule has 0 aliphatic rings. The van der Waals surface area contributed by atoms with E-state index in [1.54, 1.807) is 30.2 Å². The van der Waals surface area contributed by atoms with Crippen molar-refractivity contribution in [3.05, 3.63) is 40.3 Å². The molecule has 2 aromatic heterocycles. The number of rotatable bonds is 2. The van der Waals surface area contributed by atoms with Gasteiger partial charge in [-0.2, -0.15) is 5.10 Å². The standard InChI is InChI=1S/C11H11BrN4O/c1-7-8(6-14-16(7)2)11(17)15-10-9(12)4-3-5-13-10/h3-6H,1-2H3,(H,13,15,17). The summed E-state index contributed by atoms with van der Waals surface area (Å²) in [6.07, 6.45) is 3.16. The van der Waals surface area contributed by atoms with Crippen molar-refractivity contribution in [3.8, 4) is 0 Å². The van der Waals surface area contributed by atoms with Gasteiger partial charge >= 0.3 is 0 Å². The van der Waals surface area contributed by atoms with E-state index in [4.69, 9.17) is 0 Å². The van der Waals surface area contributed by atoms with Crippen molar-refractivity contribution in [2.24, 2.45) is 7.05 Å². The molecule has 0 aliphatic heterocycles. The zero-order valence-electron chi connectivity index (χ0n) is 9.44. The second-order valence-electron chi connectivity index (χ2n) is 3.56. The maximum Gasteiger partial charge on any atom is 0.260 e. The molecule has 1 N–H and O–H groups in total. The molecule has 0 atom stereocenters. The fourth-order valence-electron chi connectivity index (χ4n) is 1.37. The van der Waals surface area contributed by atoms with Crippen LogP contribution in [0, 0.1) is 6.92 Å². The van der Waals surface area contributed by atoms with Gasteiger partial charge in [0.25, 0.3) is 5.91 Å². The van der Waals surface area contributed by atoms with E-state index < -0.39 is 0 Å². The summed E-state index contributed by atoms with van der Waals surface area (Å²) in [4.78, 5) is 16.0. The van der Waals surface area contributed by atoms with Crippen LogP contribution in [-0.4, -0.2) is 20.7 Å². The van der Waals surface area contributed by atoms with E-state index in [1.807, 2.05) is 13.0 Å². The molecule has 0 aliphatic carbocycles. The summed E-state index contributed by atoms with van der Waals surface area (Å²) in [7, 11) is 1.79. The normalized spacial score (nSPS) is 10.3. The number of carbonyl (C=O) groups excluding carboxylic acids is 1. The third-order valence-corrected chi connectivity index (χ3v) is 3.11. The number of aromatic nitrogens is 3. The quantitative estimate of drug-likeness (QED) is 0.923. The van der Waals surface area contributed by atoms with E-state index in [1.165, 1.54) is 0 Å². The van der Waals surface area contributed by atoms with Gasteiger partial charge < -0.3 is 5.32 Å². The van der Waals surface area contributed by atoms with Crippen molar-refractivity contribution >= 4 is 27.7 Å². The Morgan fingerprint density at radius 1 is 1.53 bits per heavy atom. The van der Waals surface area contributed by atoms with Gasteiger partial charge in [-0.1, -0.05) is 0 Å². The third kappa shape index (κ3) is 2.36. The van der Waals surface area contributed by atoms with Crippen LogP contribution in [-0.2, 0) is 7.05 Å². The van der Waals surface area contributed by atoms with Crippen LogP contribution in [0.15, 0.2) is 29.0 Å². The first kappa shape index (κ1) is 11.8. The molecule has 5 nitrogen and oxygen atoms in total. The molecule has 88 valence electrons. The van der Waals surface area contributed by atoms with Crippen LogP contribution < -0.4 is 5.32 Å². The van der Waals surface area contributed by atoms with Crippen molar-refractivity contribution < 1.29 is 4.79 Å². The molecule has 6 heteroatoms. The van der Waals surface area contributed by atoms with E-state index in [0.717, 1.165) is 10.2 Å². The Morgan fingerprint density at radius 3 is 2.88 bits per heavy atom. The second kappa shape index (κ2) is 4.67. The number of halogens is 1. The first-order valence-electron chi connectivity index (χ1n) is 5.00. The molecule has 2 aromatic rings. The number of amides is 1. The second-order valence-corrected chi connectivity index (χ2v) is 4.41. The molecule has 1 amide bonds. The van der Waals surface area contributed by atoms with Crippen molar-refractivity contribution in [3.63, 3.8) is 0 Å². The van der Waals surface area contributed by atoms with Gasteiger partial charge in [-0.25, -0.2) is 4.98 Å². The summed E-state index contributed by atoms with van der Waals surface area (Å²) in [6.45, 7) is 1.84. The Kier molecular flexibility index (Phi) is 3.23. The molecular weight excluding hydrogens is 284 g/mol. The third-order valence-electron chi connectivity index (χ3n) is 2.47. The van der Waals surface area contributed by atoms with Gasteiger partial charge in [-0.05, 0) is 35.0 Å². The highest BCUT2D eigenvalue weighted by Gasteiger charge is 2.14. The SMILES string of the molecule is Cc1c(C(=O)Nc2ncccc2Br)cnn1C. The average molecular weight is 295 g/mol. The minimum absolute atomic E-state index is 0.213. The predicted molar refractivity (Wildman–Crippen MR) is 67.8 cm³/mol. The highest BCUT2D eigenvalue weighted by Crippen LogP contribution is 2.19. The van der Waals surface area contributed by atoms with Gasteiger partial charge in [0.05, 0.1) is 16.2 Å². The lowest BCUT2D eigenvalue weighted by molar-refractivity contribution is 0.102. The smallest absolute Gasteiger partial charge is 0.260 e. The van der Waals surface area contributed by atoms with Crippen molar-refractivity contribution in [2.45, 2.75) is 6.92 Å². The van der Waals surface area contributed by atoms with Gasteiger partial charge in [0, 0.05) is 18.9 Å². The van der Waals surface area contributed by atoms with Crippen LogP contribution in [0.2, 0.25) is 0 Å². The number of nitrogens with one attached hydrogen (secondary N) is 1. The maximum absolute atomic E-state index is 12.0. The first-order valence-corrected chi connectivity index (χ1v) is 5.79. The Hall–Kier alpha value is -1.69. The van der Waals surface area contributed by atoms with E-state index in [0.29, 0.717) is 11.4 Å². The Labute approximate surface area is 107 Å². The van der Waals surface area contributed by atoms with Crippen LogP contribution in [0.25, 0.3) is 0 Å². The number of pyridine rings is 1. The lowest BCUT2D eigenvalue weighted by atomic mass is 10.2. The number of aryl methyl sites for hydroxylation is 1. The molecular formula is C11H11BrN4O. The molecule has 0 fully saturated rings. The fourth-order valence-corrected chi connectivity index (χ4v) is 1.73. The highest BCUT2D eigenvalue weighted by atomic mass is 79.9. The predicted octanol–water partition coefficient (Wildman–Crippen LogP) is 2.14. The zero-order chi connectivity index (χ0) is 12.4. The summed E-state index contributed by atoms with van der Waals surface area (Å²) >= 11 is 3.32. The van der Waals surface area contributed by atoms with Gasteiger partial charge in [0.15, 0.2) is 0 Å². The zero-order valence-corrected chi connectivity index (χ0v) is 11.0. The Balaban J connectivity index is 2.23. The van der Waals surface area contributed by atoms with E-state index in [-0.39, 0.29) is 5.91 Å². The maximum atomic E-state index is 12.0. The number of hydrogen-bond donors (Lipinski definition) is 1. The topological polar surface area (TPSA) is 59.8 Å². The van der Waals surface area contributed by atoms with Gasteiger partial charge in [0.2, 0.25) is 0 Å². The van der Waals surface area contributed by atoms with E-state index >= 15 is 0 Å². The average Bonchev–Trinajstić information content (AvgIpc) is 2.63. The molecule has 17 heavy (non-hydrogen) atoms. The van der Waals surface area contributed by atoms with Gasteiger partial charge in [0.1, 0.15) is 5.82 Å². The van der Waals surface area contributed by atoms with Crippen molar-refractivity contribution in [1.82, 2.24) is 14.8 Å². The monoisotopic (exact) mass is 294 g/mol. The van der Waals surface area contributed by atoms with Crippen molar-refractivity contribution in [1.29, 1.82) is 0 Å². The molecule has 0 bridgehead atoms. The minimum Gasteiger partial charge on any atom is -0.306 e. The van der Waals surface area contributed by atoms with Gasteiger partial charge in [-0.15, -0.1) is 0 Å². The summed E-state index contributed by atoms with van der Waals surface area (Å²) in [5, 5.41) is 6.76. The van der Waals surface area contributed by atoms with Crippen LogP contribution in [0.4, 0.5) is 5.82 Å². The molecule has 2 heterocycles. The molecule has 0 radical (unpaired) electrons. The largest absolute Gasteiger partial charge is 0.306 e.